The molecule has 0 atom stereocenters. The SMILES string of the molecule is Cc1nc(F)nc(Nc2cc(N)c(S(=O)(=O)O)cc2N=Nc2cc(S(=O)(=O)O)c3cc(S(=O)(=O)O)cc(S(=O)(=O)O)c3c2)c1Cl.[K].[Na]. The van der Waals surface area contributed by atoms with Crippen molar-refractivity contribution < 1.29 is 56.3 Å². The van der Waals surface area contributed by atoms with E-state index >= 15 is 0 Å². The standard InChI is InChI=1S/C21H16ClFN6O12S4.K.Na/c1-8-19(22)20(27-21(23)25-8)26-14-6-13(24)18(45(39,40)41)7-15(14)29-28-9-2-11-12(16(3-9)43(33,34)35)4-10(42(30,31)32)5-17(11)44(36,37)38;;/h2-7H,24H2,1H3,(H,25,26,27)(H,30,31,32)(H,33,34,35)(H,36,37,38)(H,39,40,41);;. The summed E-state index contributed by atoms with van der Waals surface area (Å²) in [4.78, 5) is 2.48. The van der Waals surface area contributed by atoms with E-state index in [0.29, 0.717) is 24.3 Å². The predicted octanol–water partition coefficient (Wildman–Crippen LogP) is 2.70. The number of nitrogen functional groups attached to an aromatic ring is 1. The Balaban J connectivity index is 0.00000384. The van der Waals surface area contributed by atoms with Crippen LogP contribution in [-0.2, 0) is 40.5 Å². The molecular weight excluding hydrogens is 773 g/mol. The average molecular weight is 789 g/mol. The summed E-state index contributed by atoms with van der Waals surface area (Å²) >= 11 is 6.11. The Bertz CT molecular complexity index is 2420. The molecule has 0 spiro atoms. The summed E-state index contributed by atoms with van der Waals surface area (Å²) < 4.78 is 148. The summed E-state index contributed by atoms with van der Waals surface area (Å²) in [6.45, 7) is 1.33. The molecule has 47 heavy (non-hydrogen) atoms. The van der Waals surface area contributed by atoms with Crippen LogP contribution < -0.4 is 11.1 Å². The Morgan fingerprint density at radius 3 is 1.83 bits per heavy atom. The fourth-order valence-corrected chi connectivity index (χ4v) is 6.62. The van der Waals surface area contributed by atoms with Gasteiger partial charge in [-0.2, -0.15) is 48.2 Å². The number of fused-ring (bicyclic) bond motifs is 1. The minimum atomic E-state index is -5.34. The third kappa shape index (κ3) is 9.69. The van der Waals surface area contributed by atoms with Gasteiger partial charge in [0.25, 0.3) is 40.5 Å². The van der Waals surface area contributed by atoms with E-state index < -0.39 is 94.0 Å². The number of nitrogens with one attached hydrogen (secondary N) is 1. The van der Waals surface area contributed by atoms with Gasteiger partial charge >= 0.3 is 6.08 Å². The van der Waals surface area contributed by atoms with E-state index in [4.69, 9.17) is 17.3 Å². The van der Waals surface area contributed by atoms with Gasteiger partial charge in [0.05, 0.1) is 27.7 Å². The summed E-state index contributed by atoms with van der Waals surface area (Å²) in [6.07, 6.45) is -1.22. The minimum Gasteiger partial charge on any atom is -0.398 e. The number of hydrogen-bond acceptors (Lipinski definition) is 14. The first kappa shape index (κ1) is 41.9. The number of halogens is 2. The molecule has 0 saturated heterocycles. The summed E-state index contributed by atoms with van der Waals surface area (Å²) in [5, 5.41) is 8.31. The number of azo groups is 1. The van der Waals surface area contributed by atoms with E-state index in [1.54, 1.807) is 0 Å². The zero-order valence-electron chi connectivity index (χ0n) is 23.8. The Morgan fingerprint density at radius 1 is 0.766 bits per heavy atom. The molecule has 4 aromatic rings. The van der Waals surface area contributed by atoms with Crippen molar-refractivity contribution in [3.63, 3.8) is 0 Å². The minimum absolute atomic E-state index is 0. The zero-order valence-corrected chi connectivity index (χ0v) is 32.9. The number of hydrogen-bond donors (Lipinski definition) is 6. The van der Waals surface area contributed by atoms with E-state index in [2.05, 4.69) is 25.5 Å². The van der Waals surface area contributed by atoms with Crippen LogP contribution in [0.2, 0.25) is 5.02 Å². The molecule has 7 N–H and O–H groups in total. The maximum atomic E-state index is 13.9. The van der Waals surface area contributed by atoms with Crippen LogP contribution in [0.3, 0.4) is 0 Å². The van der Waals surface area contributed by atoms with Gasteiger partial charge in [-0.15, -0.1) is 5.11 Å². The van der Waals surface area contributed by atoms with Gasteiger partial charge < -0.3 is 11.1 Å². The molecule has 0 unspecified atom stereocenters. The monoisotopic (exact) mass is 788 g/mol. The maximum absolute atomic E-state index is 13.9. The van der Waals surface area contributed by atoms with Crippen molar-refractivity contribution >= 4 is 172 Å². The molecule has 4 rings (SSSR count). The van der Waals surface area contributed by atoms with Crippen LogP contribution in [0.25, 0.3) is 10.8 Å². The van der Waals surface area contributed by atoms with E-state index in [0.717, 1.165) is 12.1 Å². The molecule has 0 aliphatic rings. The number of nitrogens with zero attached hydrogens (tertiary/aromatic N) is 4. The molecule has 0 aliphatic heterocycles. The summed E-state index contributed by atoms with van der Waals surface area (Å²) in [6, 6.07) is 3.74. The van der Waals surface area contributed by atoms with Gasteiger partial charge in [0.1, 0.15) is 25.4 Å². The predicted molar refractivity (Wildman–Crippen MR) is 165 cm³/mol. The third-order valence-corrected chi connectivity index (χ3v) is 9.71. The van der Waals surface area contributed by atoms with Crippen molar-refractivity contribution in [1.82, 2.24) is 9.97 Å². The first-order chi connectivity index (χ1) is 20.5. The number of aryl methyl sites for hydroxylation is 1. The van der Waals surface area contributed by atoms with Crippen molar-refractivity contribution in [3.8, 4) is 0 Å². The molecule has 3 aromatic carbocycles. The van der Waals surface area contributed by atoms with Crippen LogP contribution >= 0.6 is 11.6 Å². The third-order valence-electron chi connectivity index (χ3n) is 5.73. The molecule has 0 bridgehead atoms. The topological polar surface area (TPSA) is 306 Å². The molecule has 0 saturated carbocycles. The Kier molecular flexibility index (Phi) is 13.3. The molecule has 242 valence electrons. The first-order valence-electron chi connectivity index (χ1n) is 11.3. The molecule has 26 heteroatoms. The summed E-state index contributed by atoms with van der Waals surface area (Å²) in [5.74, 6) is -0.357. The second-order valence-electron chi connectivity index (χ2n) is 8.83. The van der Waals surface area contributed by atoms with Gasteiger partial charge in [-0.25, -0.2) is 4.98 Å². The van der Waals surface area contributed by atoms with Crippen molar-refractivity contribution in [1.29, 1.82) is 0 Å². The molecule has 2 radical (unpaired) electrons. The Hall–Kier alpha value is -1.30. The number of anilines is 3. The summed E-state index contributed by atoms with van der Waals surface area (Å²) in [5.41, 5.74) is 3.80. The van der Waals surface area contributed by atoms with Crippen LogP contribution in [0.4, 0.5) is 33.0 Å². The number of rotatable bonds is 8. The molecule has 0 aliphatic carbocycles. The molecule has 0 fully saturated rings. The van der Waals surface area contributed by atoms with E-state index in [1.165, 1.54) is 6.92 Å². The van der Waals surface area contributed by atoms with Crippen LogP contribution in [-0.4, -0.2) is 143 Å². The number of aromatic nitrogens is 2. The van der Waals surface area contributed by atoms with Gasteiger partial charge in [0.2, 0.25) is 0 Å². The first-order valence-corrected chi connectivity index (χ1v) is 17.4. The second-order valence-corrected chi connectivity index (χ2v) is 14.8. The van der Waals surface area contributed by atoms with Gasteiger partial charge in [0.15, 0.2) is 5.82 Å². The second kappa shape index (κ2) is 14.9. The maximum Gasteiger partial charge on any atom is 0.310 e. The van der Waals surface area contributed by atoms with Crippen molar-refractivity contribution in [2.75, 3.05) is 11.1 Å². The Morgan fingerprint density at radius 2 is 1.30 bits per heavy atom. The fourth-order valence-electron chi connectivity index (χ4n) is 3.83. The zero-order chi connectivity index (χ0) is 33.9. The molecule has 1 aromatic heterocycles. The molecule has 1 heterocycles. The number of benzene rings is 3. The van der Waals surface area contributed by atoms with Crippen molar-refractivity contribution in [2.24, 2.45) is 10.2 Å². The normalized spacial score (nSPS) is 12.5. The van der Waals surface area contributed by atoms with Gasteiger partial charge in [-0.05, 0) is 43.3 Å². The van der Waals surface area contributed by atoms with Crippen LogP contribution in [0, 0.1) is 13.0 Å². The average Bonchev–Trinajstić information content (AvgIpc) is 2.87. The van der Waals surface area contributed by atoms with Crippen LogP contribution in [0.15, 0.2) is 66.2 Å². The fraction of sp³-hybridized carbons (Fsp3) is 0.0476. The van der Waals surface area contributed by atoms with E-state index in [1.807, 2.05) is 0 Å². The van der Waals surface area contributed by atoms with E-state index in [9.17, 15) is 56.3 Å². The number of nitrogens with two attached hydrogens (primary N) is 1. The van der Waals surface area contributed by atoms with Gasteiger partial charge in [-0.1, -0.05) is 11.6 Å². The Labute approximate surface area is 335 Å². The molecule has 0 amide bonds. The summed E-state index contributed by atoms with van der Waals surface area (Å²) in [7, 11) is -20.8. The molecular formula is C21H16ClFKN6NaO12S4. The van der Waals surface area contributed by atoms with Crippen molar-refractivity contribution in [3.05, 3.63) is 53.2 Å². The largest absolute Gasteiger partial charge is 0.398 e. The van der Waals surface area contributed by atoms with Crippen LogP contribution in [0.1, 0.15) is 5.69 Å². The van der Waals surface area contributed by atoms with E-state index in [-0.39, 0.29) is 103 Å². The van der Waals surface area contributed by atoms with Crippen molar-refractivity contribution in [2.45, 2.75) is 26.5 Å². The van der Waals surface area contributed by atoms with Gasteiger partial charge in [0, 0.05) is 91.7 Å². The quantitative estimate of drug-likeness (QED) is 0.0491. The molecule has 18 nitrogen and oxygen atoms in total. The van der Waals surface area contributed by atoms with Gasteiger partial charge in [-0.3, -0.25) is 18.2 Å². The smallest absolute Gasteiger partial charge is 0.310 e. The van der Waals surface area contributed by atoms with Crippen LogP contribution in [0.5, 0.6) is 0 Å².